The summed E-state index contributed by atoms with van der Waals surface area (Å²) in [7, 11) is 0. The van der Waals surface area contributed by atoms with Gasteiger partial charge in [0.2, 0.25) is 0 Å². The highest BCUT2D eigenvalue weighted by molar-refractivity contribution is 7.11. The van der Waals surface area contributed by atoms with Crippen LogP contribution in [-0.2, 0) is 6.61 Å². The van der Waals surface area contributed by atoms with Gasteiger partial charge < -0.3 is 10.5 Å². The maximum Gasteiger partial charge on any atom is 0.142 e. The van der Waals surface area contributed by atoms with Crippen LogP contribution >= 0.6 is 11.3 Å². The molecule has 1 aromatic carbocycles. The predicted molar refractivity (Wildman–Crippen MR) is 66.8 cm³/mol. The highest BCUT2D eigenvalue weighted by atomic mass is 32.1. The van der Waals surface area contributed by atoms with Crippen LogP contribution in [0.1, 0.15) is 15.6 Å². The second-order valence-electron chi connectivity index (χ2n) is 3.57. The van der Waals surface area contributed by atoms with E-state index in [0.29, 0.717) is 12.3 Å². The van der Waals surface area contributed by atoms with Crippen molar-refractivity contribution in [2.75, 3.05) is 5.73 Å². The van der Waals surface area contributed by atoms with E-state index >= 15 is 0 Å². The molecule has 0 fully saturated rings. The van der Waals surface area contributed by atoms with Crippen LogP contribution in [0.15, 0.2) is 24.3 Å². The molecule has 2 rings (SSSR count). The zero-order chi connectivity index (χ0) is 11.5. The Kier molecular flexibility index (Phi) is 3.10. The second kappa shape index (κ2) is 4.53. The first kappa shape index (κ1) is 11.0. The van der Waals surface area contributed by atoms with Crippen LogP contribution in [0.25, 0.3) is 0 Å². The van der Waals surface area contributed by atoms with Gasteiger partial charge in [0, 0.05) is 0 Å². The molecule has 4 heteroatoms. The number of anilines is 1. The number of nitrogens with two attached hydrogens (primary N) is 1. The molecule has 2 aromatic rings. The van der Waals surface area contributed by atoms with E-state index in [1.807, 2.05) is 38.1 Å². The minimum absolute atomic E-state index is 0.533. The van der Waals surface area contributed by atoms with Crippen LogP contribution < -0.4 is 10.5 Å². The predicted octanol–water partition coefficient (Wildman–Crippen LogP) is 2.92. The van der Waals surface area contributed by atoms with Crippen molar-refractivity contribution in [3.63, 3.8) is 0 Å². The fraction of sp³-hybridized carbons (Fsp3) is 0.250. The number of aryl methyl sites for hydroxylation is 2. The molecule has 1 heterocycles. The van der Waals surface area contributed by atoms with Crippen molar-refractivity contribution in [1.82, 2.24) is 4.98 Å². The van der Waals surface area contributed by atoms with Gasteiger partial charge in [-0.3, -0.25) is 0 Å². The van der Waals surface area contributed by atoms with Crippen molar-refractivity contribution >= 4 is 17.0 Å². The molecule has 0 saturated carbocycles. The first-order valence-electron chi connectivity index (χ1n) is 5.07. The fourth-order valence-corrected chi connectivity index (χ4v) is 2.31. The van der Waals surface area contributed by atoms with Gasteiger partial charge in [-0.05, 0) is 26.0 Å². The molecule has 0 amide bonds. The fourth-order valence-electron chi connectivity index (χ4n) is 1.46. The zero-order valence-electron chi connectivity index (χ0n) is 9.36. The van der Waals surface area contributed by atoms with E-state index in [9.17, 15) is 0 Å². The number of nitrogen functional groups attached to an aromatic ring is 1. The summed E-state index contributed by atoms with van der Waals surface area (Å²) in [5.74, 6) is 0.730. The molecule has 0 spiro atoms. The van der Waals surface area contributed by atoms with Crippen molar-refractivity contribution < 1.29 is 4.74 Å². The largest absolute Gasteiger partial charge is 0.486 e. The Balaban J connectivity index is 2.08. The summed E-state index contributed by atoms with van der Waals surface area (Å²) in [6, 6.07) is 7.51. The molecule has 0 atom stereocenters. The molecule has 0 bridgehead atoms. The monoisotopic (exact) mass is 234 g/mol. The Hall–Kier alpha value is -1.55. The van der Waals surface area contributed by atoms with E-state index in [1.54, 1.807) is 11.3 Å². The number of thiazole rings is 1. The smallest absolute Gasteiger partial charge is 0.142 e. The van der Waals surface area contributed by atoms with Crippen LogP contribution in [-0.4, -0.2) is 4.98 Å². The summed E-state index contributed by atoms with van der Waals surface area (Å²) in [6.07, 6.45) is 0. The lowest BCUT2D eigenvalue weighted by Gasteiger charge is -2.07. The quantitative estimate of drug-likeness (QED) is 0.831. The van der Waals surface area contributed by atoms with Gasteiger partial charge in [-0.1, -0.05) is 12.1 Å². The van der Waals surface area contributed by atoms with E-state index < -0.39 is 0 Å². The molecule has 84 valence electrons. The van der Waals surface area contributed by atoms with Gasteiger partial charge in [-0.2, -0.15) is 0 Å². The standard InChI is InChI=1S/C12H14N2OS/c1-8-12(16-9(2)14-8)7-15-11-6-4-3-5-10(11)13/h3-6H,7,13H2,1-2H3. The van der Waals surface area contributed by atoms with E-state index in [-0.39, 0.29) is 0 Å². The Morgan fingerprint density at radius 1 is 1.31 bits per heavy atom. The molecule has 0 saturated heterocycles. The number of rotatable bonds is 3. The van der Waals surface area contributed by atoms with Crippen molar-refractivity contribution in [2.45, 2.75) is 20.5 Å². The summed E-state index contributed by atoms with van der Waals surface area (Å²) in [4.78, 5) is 5.51. The maximum absolute atomic E-state index is 5.79. The minimum Gasteiger partial charge on any atom is -0.486 e. The van der Waals surface area contributed by atoms with Gasteiger partial charge >= 0.3 is 0 Å². The Morgan fingerprint density at radius 2 is 2.06 bits per heavy atom. The molecule has 16 heavy (non-hydrogen) atoms. The van der Waals surface area contributed by atoms with Gasteiger partial charge in [0.05, 0.1) is 21.3 Å². The number of aromatic nitrogens is 1. The lowest BCUT2D eigenvalue weighted by atomic mass is 10.3. The van der Waals surface area contributed by atoms with Crippen LogP contribution in [0.4, 0.5) is 5.69 Å². The molecule has 0 radical (unpaired) electrons. The number of hydrogen-bond acceptors (Lipinski definition) is 4. The Labute approximate surface area is 98.9 Å². The topological polar surface area (TPSA) is 48.1 Å². The zero-order valence-corrected chi connectivity index (χ0v) is 10.2. The summed E-state index contributed by atoms with van der Waals surface area (Å²) >= 11 is 1.66. The Morgan fingerprint density at radius 3 is 2.69 bits per heavy atom. The minimum atomic E-state index is 0.533. The Bertz CT molecular complexity index is 494. The van der Waals surface area contributed by atoms with Gasteiger partial charge in [-0.25, -0.2) is 4.98 Å². The average Bonchev–Trinajstić information content (AvgIpc) is 2.56. The number of para-hydroxylation sites is 2. The van der Waals surface area contributed by atoms with E-state index in [4.69, 9.17) is 10.5 Å². The van der Waals surface area contributed by atoms with Gasteiger partial charge in [0.15, 0.2) is 0 Å². The number of nitrogens with zero attached hydrogens (tertiary/aromatic N) is 1. The number of ether oxygens (including phenoxy) is 1. The highest BCUT2D eigenvalue weighted by Gasteiger charge is 2.06. The third-order valence-electron chi connectivity index (χ3n) is 2.28. The van der Waals surface area contributed by atoms with Crippen LogP contribution in [0.2, 0.25) is 0 Å². The van der Waals surface area contributed by atoms with Crippen molar-refractivity contribution in [1.29, 1.82) is 0 Å². The molecule has 0 aliphatic carbocycles. The lowest BCUT2D eigenvalue weighted by Crippen LogP contribution is -1.98. The van der Waals surface area contributed by atoms with Gasteiger partial charge in [0.25, 0.3) is 0 Å². The number of hydrogen-bond donors (Lipinski definition) is 1. The second-order valence-corrected chi connectivity index (χ2v) is 4.86. The van der Waals surface area contributed by atoms with Crippen LogP contribution in [0, 0.1) is 13.8 Å². The molecule has 1 aromatic heterocycles. The maximum atomic E-state index is 5.79. The third-order valence-corrected chi connectivity index (χ3v) is 3.32. The summed E-state index contributed by atoms with van der Waals surface area (Å²) < 4.78 is 5.66. The van der Waals surface area contributed by atoms with Crippen molar-refractivity contribution in [3.8, 4) is 5.75 Å². The van der Waals surface area contributed by atoms with Crippen molar-refractivity contribution in [2.24, 2.45) is 0 Å². The first-order valence-corrected chi connectivity index (χ1v) is 5.88. The lowest BCUT2D eigenvalue weighted by molar-refractivity contribution is 0.310. The molecule has 0 aliphatic rings. The summed E-state index contributed by atoms with van der Waals surface area (Å²) in [5, 5.41) is 1.07. The van der Waals surface area contributed by atoms with Gasteiger partial charge in [0.1, 0.15) is 12.4 Å². The van der Waals surface area contributed by atoms with Gasteiger partial charge in [-0.15, -0.1) is 11.3 Å². The summed E-state index contributed by atoms with van der Waals surface area (Å²) in [5.41, 5.74) is 7.50. The van der Waals surface area contributed by atoms with E-state index in [1.165, 1.54) is 0 Å². The molecule has 0 aliphatic heterocycles. The van der Waals surface area contributed by atoms with Crippen molar-refractivity contribution in [3.05, 3.63) is 39.8 Å². The molecular weight excluding hydrogens is 220 g/mol. The average molecular weight is 234 g/mol. The van der Waals surface area contributed by atoms with E-state index in [2.05, 4.69) is 4.98 Å². The van der Waals surface area contributed by atoms with E-state index in [0.717, 1.165) is 21.3 Å². The SMILES string of the molecule is Cc1nc(C)c(COc2ccccc2N)s1. The molecule has 0 unspecified atom stereocenters. The molecule has 3 nitrogen and oxygen atoms in total. The van der Waals surface area contributed by atoms with Crippen LogP contribution in [0.5, 0.6) is 5.75 Å². The molecule has 2 N–H and O–H groups in total. The first-order chi connectivity index (χ1) is 7.66. The normalized spacial score (nSPS) is 10.4. The molecular formula is C12H14N2OS. The summed E-state index contributed by atoms with van der Waals surface area (Å²) in [6.45, 7) is 4.53. The third kappa shape index (κ3) is 2.33. The van der Waals surface area contributed by atoms with Crippen LogP contribution in [0.3, 0.4) is 0 Å². The number of benzene rings is 1. The highest BCUT2D eigenvalue weighted by Crippen LogP contribution is 2.23.